The molecule has 0 saturated carbocycles. The van der Waals surface area contributed by atoms with Crippen LogP contribution in [0.5, 0.6) is 0 Å². The predicted molar refractivity (Wildman–Crippen MR) is 38.7 cm³/mol. The molecule has 0 amide bonds. The fraction of sp³-hybridized carbons (Fsp3) is 0.800. The average Bonchev–Trinajstić information content (AvgIpc) is 1.87. The molecule has 0 aromatic rings. The maximum absolute atomic E-state index is 8.61. The summed E-state index contributed by atoms with van der Waals surface area (Å²) in [5.74, 6) is 0. The van der Waals surface area contributed by atoms with Crippen molar-refractivity contribution in [3.8, 4) is 0 Å². The Labute approximate surface area is 64.8 Å². The third-order valence-corrected chi connectivity index (χ3v) is 0.752. The van der Waals surface area contributed by atoms with Gasteiger partial charge in [0.15, 0.2) is 0 Å². The van der Waals surface area contributed by atoms with Crippen molar-refractivity contribution in [3.05, 3.63) is 0 Å². The van der Waals surface area contributed by atoms with Gasteiger partial charge in [-0.25, -0.2) is 4.79 Å². The maximum Gasteiger partial charge on any atom is 0.503 e. The van der Waals surface area contributed by atoms with Gasteiger partial charge in [-0.05, 0) is 0 Å². The summed E-state index contributed by atoms with van der Waals surface area (Å²) < 4.78 is 0. The first-order chi connectivity index (χ1) is 5.04. The lowest BCUT2D eigenvalue weighted by atomic mass is 10.6. The summed E-state index contributed by atoms with van der Waals surface area (Å²) in [5.41, 5.74) is 5.10. The third-order valence-electron chi connectivity index (χ3n) is 0.752. The summed E-state index contributed by atoms with van der Waals surface area (Å²) in [6.07, 6.45) is -1.83. The fourth-order valence-electron chi connectivity index (χ4n) is 0.307. The fourth-order valence-corrected chi connectivity index (χ4v) is 0.307. The molecule has 0 heterocycles. The topological polar surface area (TPSA) is 107 Å². The van der Waals surface area contributed by atoms with E-state index in [1.807, 2.05) is 6.92 Å². The predicted octanol–water partition coefficient (Wildman–Crippen LogP) is -0.121. The number of rotatable bonds is 3. The highest BCUT2D eigenvalue weighted by atomic mass is 16.6. The monoisotopic (exact) mass is 166 g/mol. The van der Waals surface area contributed by atoms with E-state index in [1.165, 1.54) is 5.06 Å². The average molecular weight is 166 g/mol. The molecular formula is C5H14N2O4. The van der Waals surface area contributed by atoms with Gasteiger partial charge in [0.05, 0.1) is 0 Å². The summed E-state index contributed by atoms with van der Waals surface area (Å²) in [6, 6.07) is 0. The van der Waals surface area contributed by atoms with E-state index >= 15 is 0 Å². The van der Waals surface area contributed by atoms with Crippen molar-refractivity contribution in [2.24, 2.45) is 5.73 Å². The number of carbonyl (C=O) groups is 1. The van der Waals surface area contributed by atoms with Gasteiger partial charge in [0.2, 0.25) is 0 Å². The van der Waals surface area contributed by atoms with E-state index in [9.17, 15) is 0 Å². The number of likely N-dealkylation sites (N-methyl/N-ethyl adjacent to an activating group) is 1. The highest BCUT2D eigenvalue weighted by Gasteiger charge is 1.89. The summed E-state index contributed by atoms with van der Waals surface area (Å²) >= 11 is 0. The van der Waals surface area contributed by atoms with Crippen molar-refractivity contribution >= 4 is 6.16 Å². The van der Waals surface area contributed by atoms with E-state index in [2.05, 4.69) is 0 Å². The van der Waals surface area contributed by atoms with Gasteiger partial charge in [0, 0.05) is 19.6 Å². The van der Waals surface area contributed by atoms with Crippen molar-refractivity contribution in [3.63, 3.8) is 0 Å². The summed E-state index contributed by atoms with van der Waals surface area (Å²) in [5, 5.41) is 23.7. The second kappa shape index (κ2) is 9.15. The minimum Gasteiger partial charge on any atom is -0.450 e. The van der Waals surface area contributed by atoms with Crippen molar-refractivity contribution < 1.29 is 20.2 Å². The van der Waals surface area contributed by atoms with Crippen LogP contribution in [-0.4, -0.2) is 46.3 Å². The molecule has 0 bridgehead atoms. The number of nitrogens with zero attached hydrogens (tertiary/aromatic N) is 1. The Bertz CT molecular complexity index is 94.5. The van der Waals surface area contributed by atoms with E-state index in [0.29, 0.717) is 19.6 Å². The lowest BCUT2D eigenvalue weighted by molar-refractivity contribution is -0.0831. The first kappa shape index (κ1) is 12.8. The van der Waals surface area contributed by atoms with Crippen LogP contribution < -0.4 is 5.73 Å². The lowest BCUT2D eigenvalue weighted by Gasteiger charge is -2.07. The first-order valence-corrected chi connectivity index (χ1v) is 3.10. The Morgan fingerprint density at radius 1 is 1.55 bits per heavy atom. The van der Waals surface area contributed by atoms with E-state index in [1.54, 1.807) is 0 Å². The van der Waals surface area contributed by atoms with Crippen LogP contribution in [-0.2, 0) is 0 Å². The van der Waals surface area contributed by atoms with Crippen molar-refractivity contribution in [1.82, 2.24) is 5.06 Å². The van der Waals surface area contributed by atoms with Gasteiger partial charge < -0.3 is 21.2 Å². The van der Waals surface area contributed by atoms with E-state index in [4.69, 9.17) is 25.9 Å². The highest BCUT2D eigenvalue weighted by molar-refractivity contribution is 5.53. The number of hydrogen-bond donors (Lipinski definition) is 4. The second-order valence-electron chi connectivity index (χ2n) is 1.62. The zero-order valence-electron chi connectivity index (χ0n) is 6.40. The summed E-state index contributed by atoms with van der Waals surface area (Å²) in [6.45, 7) is 3.60. The van der Waals surface area contributed by atoms with Crippen LogP contribution in [0.3, 0.4) is 0 Å². The van der Waals surface area contributed by atoms with Crippen molar-refractivity contribution in [1.29, 1.82) is 0 Å². The van der Waals surface area contributed by atoms with Crippen LogP contribution >= 0.6 is 0 Å². The molecule has 5 N–H and O–H groups in total. The molecule has 68 valence electrons. The van der Waals surface area contributed by atoms with Gasteiger partial charge in [-0.2, -0.15) is 5.06 Å². The molecule has 0 aromatic carbocycles. The van der Waals surface area contributed by atoms with Crippen molar-refractivity contribution in [2.75, 3.05) is 19.6 Å². The zero-order chi connectivity index (χ0) is 9.28. The molecule has 0 radical (unpaired) electrons. The van der Waals surface area contributed by atoms with Gasteiger partial charge in [0.1, 0.15) is 0 Å². The third kappa shape index (κ3) is 27.2. The molecule has 6 heteroatoms. The minimum atomic E-state index is -1.83. The quantitative estimate of drug-likeness (QED) is 0.435. The van der Waals surface area contributed by atoms with Crippen LogP contribution in [0, 0.1) is 0 Å². The maximum atomic E-state index is 8.61. The molecule has 0 rings (SSSR count). The SMILES string of the molecule is CCN(O)CCN.O=C(O)O. The van der Waals surface area contributed by atoms with Crippen LogP contribution in [0.25, 0.3) is 0 Å². The largest absolute Gasteiger partial charge is 0.503 e. The normalized spacial score (nSPS) is 8.73. The molecule has 0 fully saturated rings. The number of carboxylic acid groups (broad SMARTS) is 2. The van der Waals surface area contributed by atoms with Crippen LogP contribution in [0.1, 0.15) is 6.92 Å². The van der Waals surface area contributed by atoms with E-state index < -0.39 is 6.16 Å². The van der Waals surface area contributed by atoms with E-state index in [0.717, 1.165) is 0 Å². The molecule has 0 aliphatic heterocycles. The van der Waals surface area contributed by atoms with Crippen LogP contribution in [0.15, 0.2) is 0 Å². The summed E-state index contributed by atoms with van der Waals surface area (Å²) in [4.78, 5) is 8.56. The van der Waals surface area contributed by atoms with Crippen molar-refractivity contribution in [2.45, 2.75) is 6.92 Å². The highest BCUT2D eigenvalue weighted by Crippen LogP contribution is 1.73. The lowest BCUT2D eigenvalue weighted by Crippen LogP contribution is -2.25. The molecule has 0 atom stereocenters. The molecule has 0 aliphatic carbocycles. The number of nitrogens with two attached hydrogens (primary N) is 1. The molecule has 0 aliphatic rings. The second-order valence-corrected chi connectivity index (χ2v) is 1.62. The van der Waals surface area contributed by atoms with Crippen LogP contribution in [0.2, 0.25) is 0 Å². The first-order valence-electron chi connectivity index (χ1n) is 3.10. The Morgan fingerprint density at radius 3 is 2.00 bits per heavy atom. The molecule has 0 aromatic heterocycles. The Hall–Kier alpha value is -0.850. The Kier molecular flexibility index (Phi) is 10.6. The molecule has 6 nitrogen and oxygen atoms in total. The minimum absolute atomic E-state index is 0.518. The zero-order valence-corrected chi connectivity index (χ0v) is 6.40. The van der Waals surface area contributed by atoms with E-state index in [-0.39, 0.29) is 0 Å². The Balaban J connectivity index is 0. The summed E-state index contributed by atoms with van der Waals surface area (Å²) in [7, 11) is 0. The van der Waals surface area contributed by atoms with Gasteiger partial charge in [-0.3, -0.25) is 0 Å². The molecule has 11 heavy (non-hydrogen) atoms. The Morgan fingerprint density at radius 2 is 1.91 bits per heavy atom. The van der Waals surface area contributed by atoms with Gasteiger partial charge >= 0.3 is 6.16 Å². The molecule has 0 spiro atoms. The molecule has 0 unspecified atom stereocenters. The molecular weight excluding hydrogens is 152 g/mol. The van der Waals surface area contributed by atoms with Crippen LogP contribution in [0.4, 0.5) is 4.79 Å². The van der Waals surface area contributed by atoms with Gasteiger partial charge in [0.25, 0.3) is 0 Å². The van der Waals surface area contributed by atoms with Gasteiger partial charge in [-0.15, -0.1) is 0 Å². The number of hydrogen-bond acceptors (Lipinski definition) is 4. The smallest absolute Gasteiger partial charge is 0.450 e. The number of hydroxylamine groups is 2. The standard InChI is InChI=1S/C4H12N2O.CH2O3/c1-2-6(7)4-3-5;2-1(3)4/h7H,2-5H2,1H3;(H2,2,3,4). The molecule has 0 saturated heterocycles. The van der Waals surface area contributed by atoms with Gasteiger partial charge in [-0.1, -0.05) is 6.92 Å².